The highest BCUT2D eigenvalue weighted by atomic mass is 35.5. The van der Waals surface area contributed by atoms with E-state index in [0.29, 0.717) is 32.1 Å². The van der Waals surface area contributed by atoms with E-state index in [9.17, 15) is 4.79 Å². The number of ether oxygens (including phenoxy) is 1. The maximum absolute atomic E-state index is 12.8. The Hall–Kier alpha value is -2.81. The summed E-state index contributed by atoms with van der Waals surface area (Å²) in [7, 11) is 0. The number of morpholine rings is 1. The fourth-order valence-corrected chi connectivity index (χ4v) is 5.62. The molecular weight excluding hydrogens is 494 g/mol. The number of para-hydroxylation sites is 1. The highest BCUT2D eigenvalue weighted by molar-refractivity contribution is 7.98. The molecule has 0 aliphatic carbocycles. The van der Waals surface area contributed by atoms with Crippen molar-refractivity contribution < 1.29 is 9.53 Å². The molecule has 3 aromatic rings. The van der Waals surface area contributed by atoms with E-state index < -0.39 is 0 Å². The normalized spacial score (nSPS) is 16.3. The number of rotatable bonds is 6. The van der Waals surface area contributed by atoms with Crippen molar-refractivity contribution in [3.8, 4) is 0 Å². The fourth-order valence-electron chi connectivity index (χ4n) is 4.53. The van der Waals surface area contributed by atoms with Gasteiger partial charge in [0.25, 0.3) is 5.91 Å². The number of benzene rings is 2. The molecule has 2 saturated heterocycles. The van der Waals surface area contributed by atoms with Gasteiger partial charge in [-0.15, -0.1) is 0 Å². The number of aryl methyl sites for hydroxylation is 1. The highest BCUT2D eigenvalue weighted by Crippen LogP contribution is 2.28. The third-order valence-electron chi connectivity index (χ3n) is 6.46. The van der Waals surface area contributed by atoms with Crippen LogP contribution < -0.4 is 9.80 Å². The predicted octanol–water partition coefficient (Wildman–Crippen LogP) is 4.53. The van der Waals surface area contributed by atoms with E-state index in [-0.39, 0.29) is 5.91 Å². The Balaban J connectivity index is 1.21. The number of carbonyl (C=O) groups is 1. The number of piperazine rings is 1. The Morgan fingerprint density at radius 3 is 2.47 bits per heavy atom. The van der Waals surface area contributed by atoms with Crippen LogP contribution in [0.5, 0.6) is 0 Å². The Labute approximate surface area is 221 Å². The van der Waals surface area contributed by atoms with Crippen molar-refractivity contribution in [3.63, 3.8) is 0 Å². The predicted molar refractivity (Wildman–Crippen MR) is 145 cm³/mol. The molecule has 0 N–H and O–H groups in total. The maximum atomic E-state index is 12.8. The molecule has 0 radical (unpaired) electrons. The molecule has 1 aromatic heterocycles. The number of aromatic nitrogens is 2. The van der Waals surface area contributed by atoms with Gasteiger partial charge in [-0.2, -0.15) is 0 Å². The summed E-state index contributed by atoms with van der Waals surface area (Å²) in [5.41, 5.74) is 3.84. The zero-order valence-corrected chi connectivity index (χ0v) is 22.0. The number of anilines is 2. The molecule has 0 atom stereocenters. The van der Waals surface area contributed by atoms with Crippen LogP contribution in [0, 0.1) is 6.92 Å². The third kappa shape index (κ3) is 5.94. The number of hydrogen-bond donors (Lipinski definition) is 0. The average Bonchev–Trinajstić information content (AvgIpc) is 2.92. The number of halogens is 1. The summed E-state index contributed by atoms with van der Waals surface area (Å²) in [6.45, 7) is 8.02. The number of carbonyl (C=O) groups excluding carboxylic acids is 1. The molecule has 2 aliphatic rings. The summed E-state index contributed by atoms with van der Waals surface area (Å²) in [6, 6.07) is 17.9. The number of hydrogen-bond acceptors (Lipinski definition) is 7. The van der Waals surface area contributed by atoms with Crippen molar-refractivity contribution in [1.82, 2.24) is 14.9 Å². The van der Waals surface area contributed by atoms with Crippen LogP contribution in [0.1, 0.15) is 21.6 Å². The molecule has 0 bridgehead atoms. The first-order valence-electron chi connectivity index (χ1n) is 12.3. The molecule has 0 unspecified atom stereocenters. The van der Waals surface area contributed by atoms with E-state index in [1.54, 1.807) is 11.8 Å². The first-order chi connectivity index (χ1) is 17.6. The first-order valence-corrected chi connectivity index (χ1v) is 13.6. The highest BCUT2D eigenvalue weighted by Gasteiger charge is 2.21. The smallest absolute Gasteiger partial charge is 0.254 e. The van der Waals surface area contributed by atoms with Gasteiger partial charge in [0, 0.05) is 62.3 Å². The Morgan fingerprint density at radius 2 is 1.69 bits per heavy atom. The molecule has 2 aromatic carbocycles. The standard InChI is InChI=1S/C27H30ClN5O2S/c1-20-17-25(32-11-9-31(10-12-32)24-8-3-2-7-23(24)28)30-27(29-20)36-19-21-5-4-6-22(18-21)26(34)33-13-15-35-16-14-33/h2-8,17-18H,9-16,19H2,1H3. The zero-order chi connectivity index (χ0) is 24.9. The van der Waals surface area contributed by atoms with E-state index in [0.717, 1.165) is 64.7 Å². The molecule has 5 rings (SSSR count). The summed E-state index contributed by atoms with van der Waals surface area (Å²) in [5.74, 6) is 1.73. The van der Waals surface area contributed by atoms with Gasteiger partial charge in [-0.1, -0.05) is 47.6 Å². The molecule has 9 heteroatoms. The van der Waals surface area contributed by atoms with Gasteiger partial charge in [-0.25, -0.2) is 9.97 Å². The summed E-state index contributed by atoms with van der Waals surface area (Å²) < 4.78 is 5.37. The van der Waals surface area contributed by atoms with Crippen molar-refractivity contribution in [1.29, 1.82) is 0 Å². The van der Waals surface area contributed by atoms with Crippen LogP contribution in [-0.2, 0) is 10.5 Å². The lowest BCUT2D eigenvalue weighted by Crippen LogP contribution is -2.47. The van der Waals surface area contributed by atoms with Crippen molar-refractivity contribution in [2.45, 2.75) is 17.8 Å². The van der Waals surface area contributed by atoms with Gasteiger partial charge in [0.1, 0.15) is 5.82 Å². The zero-order valence-electron chi connectivity index (χ0n) is 20.4. The summed E-state index contributed by atoms with van der Waals surface area (Å²) >= 11 is 8.00. The quantitative estimate of drug-likeness (QED) is 0.347. The van der Waals surface area contributed by atoms with Crippen LogP contribution in [0.2, 0.25) is 5.02 Å². The van der Waals surface area contributed by atoms with E-state index in [1.807, 2.05) is 54.3 Å². The first kappa shape index (κ1) is 24.9. The monoisotopic (exact) mass is 523 g/mol. The summed E-state index contributed by atoms with van der Waals surface area (Å²) in [5, 5.41) is 1.54. The summed E-state index contributed by atoms with van der Waals surface area (Å²) in [4.78, 5) is 28.9. The van der Waals surface area contributed by atoms with Crippen LogP contribution in [-0.4, -0.2) is 73.3 Å². The lowest BCUT2D eigenvalue weighted by molar-refractivity contribution is 0.0303. The van der Waals surface area contributed by atoms with Gasteiger partial charge in [0.15, 0.2) is 5.16 Å². The van der Waals surface area contributed by atoms with Gasteiger partial charge < -0.3 is 19.4 Å². The van der Waals surface area contributed by atoms with E-state index in [1.165, 1.54) is 0 Å². The Kier molecular flexibility index (Phi) is 7.94. The third-order valence-corrected chi connectivity index (χ3v) is 7.70. The summed E-state index contributed by atoms with van der Waals surface area (Å²) in [6.07, 6.45) is 0. The van der Waals surface area contributed by atoms with Gasteiger partial charge in [0.05, 0.1) is 23.9 Å². The van der Waals surface area contributed by atoms with Crippen LogP contribution in [0.25, 0.3) is 0 Å². The van der Waals surface area contributed by atoms with Crippen molar-refractivity contribution in [3.05, 3.63) is 76.4 Å². The van der Waals surface area contributed by atoms with Crippen LogP contribution in [0.3, 0.4) is 0 Å². The topological polar surface area (TPSA) is 61.8 Å². The average molecular weight is 524 g/mol. The van der Waals surface area contributed by atoms with E-state index in [2.05, 4.69) is 26.9 Å². The molecule has 2 aliphatic heterocycles. The molecule has 2 fully saturated rings. The maximum Gasteiger partial charge on any atom is 0.254 e. The Bertz CT molecular complexity index is 1210. The molecule has 0 spiro atoms. The molecule has 3 heterocycles. The minimum Gasteiger partial charge on any atom is -0.378 e. The van der Waals surface area contributed by atoms with Crippen LogP contribution >= 0.6 is 23.4 Å². The van der Waals surface area contributed by atoms with Crippen molar-refractivity contribution in [2.75, 3.05) is 62.3 Å². The molecule has 188 valence electrons. The minimum atomic E-state index is 0.0650. The van der Waals surface area contributed by atoms with Gasteiger partial charge in [-0.05, 0) is 36.8 Å². The second kappa shape index (κ2) is 11.5. The minimum absolute atomic E-state index is 0.0650. The lowest BCUT2D eigenvalue weighted by Gasteiger charge is -2.37. The van der Waals surface area contributed by atoms with E-state index in [4.69, 9.17) is 21.3 Å². The second-order valence-electron chi connectivity index (χ2n) is 8.97. The van der Waals surface area contributed by atoms with Gasteiger partial charge in [0.2, 0.25) is 0 Å². The van der Waals surface area contributed by atoms with Crippen molar-refractivity contribution >= 4 is 40.8 Å². The van der Waals surface area contributed by atoms with Gasteiger partial charge >= 0.3 is 0 Å². The number of amides is 1. The molecule has 1 amide bonds. The number of nitrogens with zero attached hydrogens (tertiary/aromatic N) is 5. The largest absolute Gasteiger partial charge is 0.378 e. The molecule has 7 nitrogen and oxygen atoms in total. The number of thioether (sulfide) groups is 1. The molecule has 36 heavy (non-hydrogen) atoms. The molecule has 0 saturated carbocycles. The van der Waals surface area contributed by atoms with Crippen molar-refractivity contribution in [2.24, 2.45) is 0 Å². The van der Waals surface area contributed by atoms with Crippen LogP contribution in [0.15, 0.2) is 59.8 Å². The van der Waals surface area contributed by atoms with Gasteiger partial charge in [-0.3, -0.25) is 4.79 Å². The van der Waals surface area contributed by atoms with Crippen LogP contribution in [0.4, 0.5) is 11.5 Å². The van der Waals surface area contributed by atoms with E-state index >= 15 is 0 Å². The Morgan fingerprint density at radius 1 is 0.944 bits per heavy atom. The fraction of sp³-hybridized carbons (Fsp3) is 0.370. The SMILES string of the molecule is Cc1cc(N2CCN(c3ccccc3Cl)CC2)nc(SCc2cccc(C(=O)N3CCOCC3)c2)n1. The lowest BCUT2D eigenvalue weighted by atomic mass is 10.1. The second-order valence-corrected chi connectivity index (χ2v) is 10.3. The molecular formula is C27H30ClN5O2S.